The van der Waals surface area contributed by atoms with Crippen molar-refractivity contribution in [3.05, 3.63) is 0 Å². The van der Waals surface area contributed by atoms with Crippen molar-refractivity contribution in [2.75, 3.05) is 33.4 Å². The average molecular weight is 198 g/mol. The molecular formula is C11H22N2O. The Balaban J connectivity index is 1.77. The molecule has 0 aromatic heterocycles. The van der Waals surface area contributed by atoms with Gasteiger partial charge in [-0.1, -0.05) is 0 Å². The quantitative estimate of drug-likeness (QED) is 0.722. The summed E-state index contributed by atoms with van der Waals surface area (Å²) in [6.45, 7) is 4.29. The molecule has 2 aliphatic rings. The fourth-order valence-electron chi connectivity index (χ4n) is 2.84. The van der Waals surface area contributed by atoms with Gasteiger partial charge >= 0.3 is 0 Å². The Kier molecular flexibility index (Phi) is 3.42. The highest BCUT2D eigenvalue weighted by Gasteiger charge is 2.37. The molecule has 0 aromatic carbocycles. The van der Waals surface area contributed by atoms with Crippen LogP contribution in [0.2, 0.25) is 0 Å². The summed E-state index contributed by atoms with van der Waals surface area (Å²) >= 11 is 0. The predicted molar refractivity (Wildman–Crippen MR) is 57.1 cm³/mol. The van der Waals surface area contributed by atoms with Crippen molar-refractivity contribution in [2.24, 2.45) is 17.6 Å². The van der Waals surface area contributed by atoms with Crippen molar-refractivity contribution >= 4 is 0 Å². The van der Waals surface area contributed by atoms with Gasteiger partial charge in [0.2, 0.25) is 0 Å². The summed E-state index contributed by atoms with van der Waals surface area (Å²) in [5.41, 5.74) is 5.73. The van der Waals surface area contributed by atoms with Gasteiger partial charge in [-0.3, -0.25) is 4.90 Å². The molecule has 0 radical (unpaired) electrons. The number of methoxy groups -OCH3 is 1. The van der Waals surface area contributed by atoms with Gasteiger partial charge in [0.15, 0.2) is 0 Å². The molecule has 3 unspecified atom stereocenters. The molecule has 1 aliphatic heterocycles. The zero-order chi connectivity index (χ0) is 9.97. The lowest BCUT2D eigenvalue weighted by Gasteiger charge is -2.42. The summed E-state index contributed by atoms with van der Waals surface area (Å²) in [7, 11) is 1.80. The fourth-order valence-corrected chi connectivity index (χ4v) is 2.84. The zero-order valence-electron chi connectivity index (χ0n) is 9.11. The standard InChI is InChI=1S/C11H22N2O/c1-14-8-9-4-5-13(7-9)11-3-2-10(11)6-12/h9-11H,2-8,12H2,1H3. The van der Waals surface area contributed by atoms with Gasteiger partial charge < -0.3 is 10.5 Å². The number of hydrogen-bond acceptors (Lipinski definition) is 3. The van der Waals surface area contributed by atoms with E-state index in [0.717, 1.165) is 31.0 Å². The van der Waals surface area contributed by atoms with Crippen LogP contribution >= 0.6 is 0 Å². The van der Waals surface area contributed by atoms with Gasteiger partial charge in [0, 0.05) is 19.7 Å². The lowest BCUT2D eigenvalue weighted by atomic mass is 9.78. The Morgan fingerprint density at radius 3 is 2.79 bits per heavy atom. The lowest BCUT2D eigenvalue weighted by molar-refractivity contribution is 0.0774. The molecule has 3 nitrogen and oxygen atoms in total. The highest BCUT2D eigenvalue weighted by molar-refractivity contribution is 4.92. The van der Waals surface area contributed by atoms with Crippen LogP contribution in [-0.2, 0) is 4.74 Å². The Morgan fingerprint density at radius 2 is 2.21 bits per heavy atom. The first-order valence-corrected chi connectivity index (χ1v) is 5.78. The van der Waals surface area contributed by atoms with Crippen LogP contribution in [0.5, 0.6) is 0 Å². The smallest absolute Gasteiger partial charge is 0.0503 e. The minimum absolute atomic E-state index is 0.763. The maximum atomic E-state index is 5.73. The van der Waals surface area contributed by atoms with E-state index in [2.05, 4.69) is 4.90 Å². The van der Waals surface area contributed by atoms with Crippen molar-refractivity contribution in [1.29, 1.82) is 0 Å². The molecule has 0 amide bonds. The van der Waals surface area contributed by atoms with E-state index in [9.17, 15) is 0 Å². The van der Waals surface area contributed by atoms with Crippen LogP contribution in [0.4, 0.5) is 0 Å². The van der Waals surface area contributed by atoms with E-state index in [1.807, 2.05) is 0 Å². The number of ether oxygens (including phenoxy) is 1. The van der Waals surface area contributed by atoms with Crippen molar-refractivity contribution in [3.63, 3.8) is 0 Å². The third-order valence-corrected chi connectivity index (χ3v) is 3.87. The van der Waals surface area contributed by atoms with E-state index in [0.29, 0.717) is 0 Å². The predicted octanol–water partition coefficient (Wildman–Crippen LogP) is 0.692. The molecule has 3 heteroatoms. The fraction of sp³-hybridized carbons (Fsp3) is 1.00. The second-order valence-corrected chi connectivity index (χ2v) is 4.75. The largest absolute Gasteiger partial charge is 0.384 e. The minimum Gasteiger partial charge on any atom is -0.384 e. The zero-order valence-corrected chi connectivity index (χ0v) is 9.11. The molecule has 1 saturated carbocycles. The van der Waals surface area contributed by atoms with Gasteiger partial charge in [-0.2, -0.15) is 0 Å². The third kappa shape index (κ3) is 1.95. The van der Waals surface area contributed by atoms with Crippen LogP contribution in [0.3, 0.4) is 0 Å². The molecule has 1 aliphatic carbocycles. The van der Waals surface area contributed by atoms with Crippen molar-refractivity contribution in [3.8, 4) is 0 Å². The second kappa shape index (κ2) is 4.60. The van der Waals surface area contributed by atoms with Crippen LogP contribution in [0.15, 0.2) is 0 Å². The topological polar surface area (TPSA) is 38.5 Å². The van der Waals surface area contributed by atoms with Gasteiger partial charge in [-0.05, 0) is 44.2 Å². The van der Waals surface area contributed by atoms with Crippen LogP contribution in [0.25, 0.3) is 0 Å². The molecule has 2 N–H and O–H groups in total. The molecule has 1 heterocycles. The second-order valence-electron chi connectivity index (χ2n) is 4.75. The van der Waals surface area contributed by atoms with Crippen molar-refractivity contribution in [1.82, 2.24) is 4.90 Å². The first kappa shape index (κ1) is 10.4. The monoisotopic (exact) mass is 198 g/mol. The molecule has 3 atom stereocenters. The number of nitrogens with two attached hydrogens (primary N) is 1. The van der Waals surface area contributed by atoms with Crippen molar-refractivity contribution in [2.45, 2.75) is 25.3 Å². The molecular weight excluding hydrogens is 176 g/mol. The lowest BCUT2D eigenvalue weighted by Crippen LogP contribution is -2.48. The summed E-state index contributed by atoms with van der Waals surface area (Å²) in [6.07, 6.45) is 4.01. The average Bonchev–Trinajstić information content (AvgIpc) is 2.53. The molecule has 82 valence electrons. The van der Waals surface area contributed by atoms with Gasteiger partial charge in [-0.25, -0.2) is 0 Å². The van der Waals surface area contributed by atoms with E-state index in [4.69, 9.17) is 10.5 Å². The van der Waals surface area contributed by atoms with Crippen LogP contribution in [0, 0.1) is 11.8 Å². The molecule has 2 fully saturated rings. The summed E-state index contributed by atoms with van der Waals surface area (Å²) < 4.78 is 5.21. The van der Waals surface area contributed by atoms with Crippen LogP contribution in [-0.4, -0.2) is 44.3 Å². The van der Waals surface area contributed by atoms with Gasteiger partial charge in [0.25, 0.3) is 0 Å². The van der Waals surface area contributed by atoms with E-state index >= 15 is 0 Å². The normalized spacial score (nSPS) is 38.6. The number of rotatable bonds is 4. The summed E-state index contributed by atoms with van der Waals surface area (Å²) in [4.78, 5) is 2.63. The maximum absolute atomic E-state index is 5.73. The maximum Gasteiger partial charge on any atom is 0.0503 e. The van der Waals surface area contributed by atoms with Crippen LogP contribution in [0.1, 0.15) is 19.3 Å². The van der Waals surface area contributed by atoms with Crippen molar-refractivity contribution < 1.29 is 4.74 Å². The highest BCUT2D eigenvalue weighted by Crippen LogP contribution is 2.34. The molecule has 14 heavy (non-hydrogen) atoms. The van der Waals surface area contributed by atoms with Gasteiger partial charge in [-0.15, -0.1) is 0 Å². The Labute approximate surface area is 86.6 Å². The molecule has 0 bridgehead atoms. The summed E-state index contributed by atoms with van der Waals surface area (Å²) in [5, 5.41) is 0. The van der Waals surface area contributed by atoms with E-state index < -0.39 is 0 Å². The summed E-state index contributed by atoms with van der Waals surface area (Å²) in [5.74, 6) is 1.54. The Morgan fingerprint density at radius 1 is 1.36 bits per heavy atom. The molecule has 0 aromatic rings. The number of hydrogen-bond donors (Lipinski definition) is 1. The minimum atomic E-state index is 0.763. The van der Waals surface area contributed by atoms with E-state index in [-0.39, 0.29) is 0 Å². The highest BCUT2D eigenvalue weighted by atomic mass is 16.5. The first-order valence-electron chi connectivity index (χ1n) is 5.78. The number of likely N-dealkylation sites (tertiary alicyclic amines) is 1. The summed E-state index contributed by atoms with van der Waals surface area (Å²) in [6, 6.07) is 0.793. The SMILES string of the molecule is COCC1CCN(C2CCC2CN)C1. The molecule has 2 rings (SSSR count). The third-order valence-electron chi connectivity index (χ3n) is 3.87. The van der Waals surface area contributed by atoms with E-state index in [1.165, 1.54) is 32.4 Å². The number of nitrogens with zero attached hydrogens (tertiary/aromatic N) is 1. The van der Waals surface area contributed by atoms with Gasteiger partial charge in [0.05, 0.1) is 6.61 Å². The Bertz CT molecular complexity index is 184. The first-order chi connectivity index (χ1) is 6.85. The molecule has 0 spiro atoms. The van der Waals surface area contributed by atoms with E-state index in [1.54, 1.807) is 7.11 Å². The van der Waals surface area contributed by atoms with Gasteiger partial charge in [0.1, 0.15) is 0 Å². The molecule has 1 saturated heterocycles. The van der Waals surface area contributed by atoms with Crippen LogP contribution < -0.4 is 5.73 Å². The Hall–Kier alpha value is -0.120.